The maximum atomic E-state index is 11.4. The fourth-order valence-electron chi connectivity index (χ4n) is 2.10. The molecule has 120 valence electrons. The van der Waals surface area contributed by atoms with Crippen molar-refractivity contribution in [2.45, 2.75) is 6.92 Å². The number of hydrogen-bond acceptors (Lipinski definition) is 5. The van der Waals surface area contributed by atoms with Crippen molar-refractivity contribution in [3.8, 4) is 11.4 Å². The monoisotopic (exact) mass is 339 g/mol. The lowest BCUT2D eigenvalue weighted by molar-refractivity contribution is -0.114. The molecule has 0 saturated heterocycles. The van der Waals surface area contributed by atoms with E-state index in [-0.39, 0.29) is 5.91 Å². The van der Waals surface area contributed by atoms with Crippen molar-refractivity contribution in [2.24, 2.45) is 0 Å². The minimum Gasteiger partial charge on any atom is -0.340 e. The number of amides is 1. The standard InChI is InChI=1S/C17H14ClN5O/c1-11(24)20-15-10-16(21-14-5-7-19-8-6-14)23-17(22-15)12-3-2-4-13(18)9-12/h2-10H,1H3,(H2,19,20,21,22,23,24). The smallest absolute Gasteiger partial charge is 0.222 e. The molecule has 0 aliphatic rings. The van der Waals surface area contributed by atoms with Gasteiger partial charge in [-0.25, -0.2) is 9.97 Å². The van der Waals surface area contributed by atoms with Gasteiger partial charge >= 0.3 is 0 Å². The lowest BCUT2D eigenvalue weighted by atomic mass is 10.2. The van der Waals surface area contributed by atoms with Crippen LogP contribution in [0.1, 0.15) is 6.92 Å². The maximum Gasteiger partial charge on any atom is 0.222 e. The molecular formula is C17H14ClN5O. The molecule has 3 aromatic rings. The Morgan fingerprint density at radius 3 is 2.50 bits per heavy atom. The van der Waals surface area contributed by atoms with Crippen LogP contribution in [0.15, 0.2) is 54.9 Å². The number of carbonyl (C=O) groups is 1. The Morgan fingerprint density at radius 2 is 1.79 bits per heavy atom. The minimum atomic E-state index is -0.208. The van der Waals surface area contributed by atoms with Gasteiger partial charge < -0.3 is 10.6 Å². The van der Waals surface area contributed by atoms with Gasteiger partial charge in [-0.3, -0.25) is 9.78 Å². The quantitative estimate of drug-likeness (QED) is 0.753. The lowest BCUT2D eigenvalue weighted by Crippen LogP contribution is -2.09. The van der Waals surface area contributed by atoms with Crippen LogP contribution in [0.3, 0.4) is 0 Å². The fourth-order valence-corrected chi connectivity index (χ4v) is 2.29. The topological polar surface area (TPSA) is 79.8 Å². The Balaban J connectivity index is 2.01. The Hall–Kier alpha value is -2.99. The molecule has 1 amide bonds. The van der Waals surface area contributed by atoms with E-state index < -0.39 is 0 Å². The van der Waals surface area contributed by atoms with Crippen LogP contribution >= 0.6 is 11.6 Å². The Kier molecular flexibility index (Phi) is 4.67. The summed E-state index contributed by atoms with van der Waals surface area (Å²) in [6, 6.07) is 12.5. The largest absolute Gasteiger partial charge is 0.340 e. The van der Waals surface area contributed by atoms with Gasteiger partial charge in [0.15, 0.2) is 5.82 Å². The van der Waals surface area contributed by atoms with E-state index in [9.17, 15) is 4.79 Å². The number of anilines is 3. The lowest BCUT2D eigenvalue weighted by Gasteiger charge is -2.10. The second-order valence-electron chi connectivity index (χ2n) is 5.01. The van der Waals surface area contributed by atoms with E-state index in [1.165, 1.54) is 6.92 Å². The third kappa shape index (κ3) is 4.05. The van der Waals surface area contributed by atoms with E-state index in [1.54, 1.807) is 30.6 Å². The number of nitrogens with zero attached hydrogens (tertiary/aromatic N) is 3. The number of benzene rings is 1. The molecule has 0 bridgehead atoms. The normalized spacial score (nSPS) is 10.2. The van der Waals surface area contributed by atoms with E-state index in [2.05, 4.69) is 25.6 Å². The molecule has 0 saturated carbocycles. The van der Waals surface area contributed by atoms with Gasteiger partial charge in [-0.1, -0.05) is 23.7 Å². The molecule has 24 heavy (non-hydrogen) atoms. The van der Waals surface area contributed by atoms with Crippen LogP contribution in [0.4, 0.5) is 17.3 Å². The van der Waals surface area contributed by atoms with Crippen LogP contribution in [-0.4, -0.2) is 20.9 Å². The number of rotatable bonds is 4. The van der Waals surface area contributed by atoms with Gasteiger partial charge in [0.25, 0.3) is 0 Å². The first kappa shape index (κ1) is 15.9. The number of aromatic nitrogens is 3. The van der Waals surface area contributed by atoms with Gasteiger partial charge in [-0.05, 0) is 24.3 Å². The zero-order valence-corrected chi connectivity index (χ0v) is 13.6. The molecule has 2 N–H and O–H groups in total. The molecule has 6 nitrogen and oxygen atoms in total. The number of halogens is 1. The van der Waals surface area contributed by atoms with Crippen molar-refractivity contribution in [1.29, 1.82) is 0 Å². The predicted molar refractivity (Wildman–Crippen MR) is 94.3 cm³/mol. The molecule has 0 fully saturated rings. The summed E-state index contributed by atoms with van der Waals surface area (Å²) < 4.78 is 0. The van der Waals surface area contributed by atoms with Crippen LogP contribution in [0.5, 0.6) is 0 Å². The molecule has 3 rings (SSSR count). The van der Waals surface area contributed by atoms with E-state index in [4.69, 9.17) is 11.6 Å². The second kappa shape index (κ2) is 7.06. The highest BCUT2D eigenvalue weighted by molar-refractivity contribution is 6.30. The summed E-state index contributed by atoms with van der Waals surface area (Å²) in [4.78, 5) is 24.2. The van der Waals surface area contributed by atoms with Crippen molar-refractivity contribution in [2.75, 3.05) is 10.6 Å². The predicted octanol–water partition coefficient (Wildman–Crippen LogP) is 3.89. The van der Waals surface area contributed by atoms with E-state index >= 15 is 0 Å². The van der Waals surface area contributed by atoms with Crippen LogP contribution in [0.2, 0.25) is 5.02 Å². The summed E-state index contributed by atoms with van der Waals surface area (Å²) in [6.45, 7) is 1.43. The minimum absolute atomic E-state index is 0.208. The van der Waals surface area contributed by atoms with Crippen molar-refractivity contribution >= 4 is 34.8 Å². The average Bonchev–Trinajstić information content (AvgIpc) is 2.55. The third-order valence-corrected chi connectivity index (χ3v) is 3.30. The summed E-state index contributed by atoms with van der Waals surface area (Å²) in [5.74, 6) is 1.21. The highest BCUT2D eigenvalue weighted by Gasteiger charge is 2.09. The van der Waals surface area contributed by atoms with E-state index in [0.717, 1.165) is 11.3 Å². The summed E-state index contributed by atoms with van der Waals surface area (Å²) >= 11 is 6.04. The van der Waals surface area contributed by atoms with Crippen LogP contribution in [0.25, 0.3) is 11.4 Å². The number of hydrogen-bond donors (Lipinski definition) is 2. The van der Waals surface area contributed by atoms with Gasteiger partial charge in [-0.15, -0.1) is 0 Å². The molecule has 0 aliphatic heterocycles. The second-order valence-corrected chi connectivity index (χ2v) is 5.45. The molecule has 1 aromatic carbocycles. The Morgan fingerprint density at radius 1 is 1.04 bits per heavy atom. The average molecular weight is 340 g/mol. The number of nitrogens with one attached hydrogen (secondary N) is 2. The summed E-state index contributed by atoms with van der Waals surface area (Å²) in [5.41, 5.74) is 1.59. The first-order chi connectivity index (χ1) is 11.6. The zero-order valence-electron chi connectivity index (χ0n) is 12.8. The van der Waals surface area contributed by atoms with Crippen LogP contribution < -0.4 is 10.6 Å². The first-order valence-corrected chi connectivity index (χ1v) is 7.57. The molecule has 2 heterocycles. The van der Waals surface area contributed by atoms with Crippen molar-refractivity contribution in [3.05, 3.63) is 59.9 Å². The Bertz CT molecular complexity index is 870. The van der Waals surface area contributed by atoms with Crippen molar-refractivity contribution in [3.63, 3.8) is 0 Å². The zero-order chi connectivity index (χ0) is 16.9. The molecule has 0 aliphatic carbocycles. The fraction of sp³-hybridized carbons (Fsp3) is 0.0588. The molecule has 0 spiro atoms. The van der Waals surface area contributed by atoms with Crippen molar-refractivity contribution in [1.82, 2.24) is 15.0 Å². The van der Waals surface area contributed by atoms with E-state index in [0.29, 0.717) is 22.5 Å². The molecule has 0 unspecified atom stereocenters. The summed E-state index contributed by atoms with van der Waals surface area (Å²) in [5, 5.41) is 6.43. The number of carbonyl (C=O) groups excluding carboxylic acids is 1. The third-order valence-electron chi connectivity index (χ3n) is 3.07. The first-order valence-electron chi connectivity index (χ1n) is 7.20. The van der Waals surface area contributed by atoms with Gasteiger partial charge in [0, 0.05) is 41.7 Å². The van der Waals surface area contributed by atoms with Crippen molar-refractivity contribution < 1.29 is 4.79 Å². The van der Waals surface area contributed by atoms with Crippen LogP contribution in [-0.2, 0) is 4.79 Å². The molecule has 7 heteroatoms. The Labute approximate surface area is 143 Å². The van der Waals surface area contributed by atoms with Gasteiger partial charge in [0.2, 0.25) is 5.91 Å². The molecule has 0 radical (unpaired) electrons. The maximum absolute atomic E-state index is 11.4. The van der Waals surface area contributed by atoms with Gasteiger partial charge in [0.05, 0.1) is 0 Å². The van der Waals surface area contributed by atoms with Gasteiger partial charge in [0.1, 0.15) is 11.6 Å². The highest BCUT2D eigenvalue weighted by atomic mass is 35.5. The highest BCUT2D eigenvalue weighted by Crippen LogP contribution is 2.24. The molecular weight excluding hydrogens is 326 g/mol. The van der Waals surface area contributed by atoms with Gasteiger partial charge in [-0.2, -0.15) is 0 Å². The van der Waals surface area contributed by atoms with Crippen LogP contribution in [0, 0.1) is 0 Å². The number of pyridine rings is 1. The summed E-state index contributed by atoms with van der Waals surface area (Å²) in [6.07, 6.45) is 3.35. The molecule has 0 atom stereocenters. The van der Waals surface area contributed by atoms with E-state index in [1.807, 2.05) is 24.3 Å². The SMILES string of the molecule is CC(=O)Nc1cc(Nc2ccncc2)nc(-c2cccc(Cl)c2)n1. The summed E-state index contributed by atoms with van der Waals surface area (Å²) in [7, 11) is 0. The molecule has 2 aromatic heterocycles.